The standard InChI is InChI=1S/C49H50N12O8S.C2H6.CH5N/c1-6-34-44(70-28(4)52-34)48(67)55-49-53-35-21-31(45(50)66)22-37(68-5)43(35)60(49)15-9-8-14-59-42-32(33-23-51-46(54-47(33)59)36-18-27(3)56-61(36)7-2)19-30(26-62)20-38(42)69-17-13-29-24-57(25-29)39(63)12-16-58-40(64)10-11-41(58)65;2*1-2/h8-11,18-23,26,29H,6-7,12-17,24-25H2,1-5H3,(H2,50,66)(H,53,55,67);1-2H3;2H2,1H3/b9-8+;;. The molecular formula is C52H61N13O8S. The highest BCUT2D eigenvalue weighted by Gasteiger charge is 2.32. The van der Waals surface area contributed by atoms with Crippen molar-refractivity contribution in [3.63, 3.8) is 0 Å². The summed E-state index contributed by atoms with van der Waals surface area (Å²) in [6.07, 6.45) is 10.0. The molecule has 0 bridgehead atoms. The molecule has 22 heteroatoms. The topological polar surface area (TPSA) is 271 Å². The van der Waals surface area contributed by atoms with E-state index in [-0.39, 0.29) is 61.9 Å². The third-order valence-electron chi connectivity index (χ3n) is 12.4. The number of imide groups is 1. The number of thiazole rings is 1. The first-order valence-corrected chi connectivity index (χ1v) is 25.3. The van der Waals surface area contributed by atoms with Crippen molar-refractivity contribution in [3.05, 3.63) is 93.2 Å². The van der Waals surface area contributed by atoms with Gasteiger partial charge in [0.15, 0.2) is 5.82 Å². The van der Waals surface area contributed by atoms with Crippen LogP contribution in [0.1, 0.15) is 87.3 Å². The first-order valence-electron chi connectivity index (χ1n) is 24.4. The fourth-order valence-corrected chi connectivity index (χ4v) is 9.85. The number of aryl methyl sites for hydroxylation is 4. The van der Waals surface area contributed by atoms with E-state index in [1.807, 2.05) is 69.0 Å². The minimum Gasteiger partial charge on any atom is -0.494 e. The van der Waals surface area contributed by atoms with Crippen LogP contribution in [-0.2, 0) is 40.4 Å². The van der Waals surface area contributed by atoms with Gasteiger partial charge in [-0.2, -0.15) is 5.10 Å². The van der Waals surface area contributed by atoms with Crippen LogP contribution in [0.15, 0.2) is 60.8 Å². The zero-order chi connectivity index (χ0) is 53.4. The van der Waals surface area contributed by atoms with Crippen molar-refractivity contribution in [2.24, 2.45) is 17.4 Å². The van der Waals surface area contributed by atoms with Crippen molar-refractivity contribution in [1.29, 1.82) is 0 Å². The van der Waals surface area contributed by atoms with Crippen LogP contribution in [0.25, 0.3) is 44.5 Å². The second kappa shape index (κ2) is 23.6. The van der Waals surface area contributed by atoms with Gasteiger partial charge in [0.2, 0.25) is 17.8 Å². The number of hydrogen-bond donors (Lipinski definition) is 3. The number of rotatable bonds is 19. The summed E-state index contributed by atoms with van der Waals surface area (Å²) in [5, 5.41) is 9.77. The van der Waals surface area contributed by atoms with E-state index in [0.717, 1.165) is 27.6 Å². The molecule has 5 aromatic heterocycles. The number of methoxy groups -OCH3 is 1. The number of primary amides is 1. The van der Waals surface area contributed by atoms with Crippen LogP contribution in [0.4, 0.5) is 5.95 Å². The molecule has 5 N–H and O–H groups in total. The smallest absolute Gasteiger partial charge is 0.269 e. The Morgan fingerprint density at radius 1 is 0.905 bits per heavy atom. The van der Waals surface area contributed by atoms with Gasteiger partial charge in [0, 0.05) is 85.9 Å². The normalized spacial score (nSPS) is 13.4. The molecule has 0 aliphatic carbocycles. The highest BCUT2D eigenvalue weighted by molar-refractivity contribution is 7.13. The molecule has 74 heavy (non-hydrogen) atoms. The van der Waals surface area contributed by atoms with Gasteiger partial charge < -0.3 is 35.0 Å². The zero-order valence-electron chi connectivity index (χ0n) is 42.8. The van der Waals surface area contributed by atoms with Crippen LogP contribution in [0.2, 0.25) is 0 Å². The Labute approximate surface area is 431 Å². The van der Waals surface area contributed by atoms with Gasteiger partial charge in [0.1, 0.15) is 39.5 Å². The Hall–Kier alpha value is -8.11. The quantitative estimate of drug-likeness (QED) is 0.0475. The Morgan fingerprint density at radius 3 is 2.28 bits per heavy atom. The predicted octanol–water partition coefficient (Wildman–Crippen LogP) is 6.03. The number of carbonyl (C=O) groups is 6. The van der Waals surface area contributed by atoms with Gasteiger partial charge in [-0.3, -0.25) is 43.7 Å². The summed E-state index contributed by atoms with van der Waals surface area (Å²) in [6, 6.07) is 8.54. The molecule has 0 atom stereocenters. The zero-order valence-corrected chi connectivity index (χ0v) is 43.6. The number of nitrogens with two attached hydrogens (primary N) is 2. The van der Waals surface area contributed by atoms with Crippen molar-refractivity contribution in [2.45, 2.75) is 80.4 Å². The third-order valence-corrected chi connectivity index (χ3v) is 13.4. The Morgan fingerprint density at radius 2 is 1.62 bits per heavy atom. The first-order chi connectivity index (χ1) is 35.8. The molecule has 9 rings (SSSR count). The number of likely N-dealkylation sites (tertiary alicyclic amines) is 1. The molecule has 1 fully saturated rings. The maximum atomic E-state index is 13.8. The van der Waals surface area contributed by atoms with Gasteiger partial charge in [-0.25, -0.2) is 19.9 Å². The average Bonchev–Trinajstić information content (AvgIpc) is 4.21. The van der Waals surface area contributed by atoms with Gasteiger partial charge >= 0.3 is 0 Å². The van der Waals surface area contributed by atoms with Crippen molar-refractivity contribution < 1.29 is 38.2 Å². The first kappa shape index (κ1) is 53.7. The highest BCUT2D eigenvalue weighted by atomic mass is 32.1. The molecule has 0 radical (unpaired) electrons. The molecular weight excluding hydrogens is 967 g/mol. The van der Waals surface area contributed by atoms with E-state index >= 15 is 0 Å². The largest absolute Gasteiger partial charge is 0.494 e. The van der Waals surface area contributed by atoms with E-state index in [0.29, 0.717) is 98.9 Å². The Balaban J connectivity index is 0.00000195. The number of allylic oxidation sites excluding steroid dienone is 2. The van der Waals surface area contributed by atoms with Crippen LogP contribution >= 0.6 is 11.3 Å². The number of benzene rings is 2. The van der Waals surface area contributed by atoms with Crippen molar-refractivity contribution in [2.75, 3.05) is 45.7 Å². The van der Waals surface area contributed by atoms with E-state index in [1.165, 1.54) is 37.6 Å². The highest BCUT2D eigenvalue weighted by Crippen LogP contribution is 2.37. The maximum absolute atomic E-state index is 13.8. The second-order valence-electron chi connectivity index (χ2n) is 17.0. The van der Waals surface area contributed by atoms with Crippen molar-refractivity contribution >= 4 is 86.1 Å². The summed E-state index contributed by atoms with van der Waals surface area (Å²) in [4.78, 5) is 97.7. The summed E-state index contributed by atoms with van der Waals surface area (Å²) in [5.74, 6) is -0.335. The van der Waals surface area contributed by atoms with E-state index < -0.39 is 17.7 Å². The molecule has 2 aliphatic heterocycles. The number of fused-ring (bicyclic) bond motifs is 4. The number of anilines is 1. The number of aromatic nitrogens is 8. The summed E-state index contributed by atoms with van der Waals surface area (Å²) in [7, 11) is 2.98. The van der Waals surface area contributed by atoms with Crippen LogP contribution in [-0.4, -0.2) is 125 Å². The van der Waals surface area contributed by atoms with Crippen LogP contribution in [0.5, 0.6) is 11.5 Å². The van der Waals surface area contributed by atoms with Crippen molar-refractivity contribution in [3.8, 4) is 23.0 Å². The monoisotopic (exact) mass is 1030 g/mol. The van der Waals surface area contributed by atoms with Crippen LogP contribution < -0.4 is 26.3 Å². The molecule has 0 saturated carbocycles. The molecule has 1 saturated heterocycles. The summed E-state index contributed by atoms with van der Waals surface area (Å²) >= 11 is 1.30. The lowest BCUT2D eigenvalue weighted by Gasteiger charge is -2.39. The fourth-order valence-electron chi connectivity index (χ4n) is 8.95. The second-order valence-corrected chi connectivity index (χ2v) is 18.2. The van der Waals surface area contributed by atoms with Crippen molar-refractivity contribution in [1.82, 2.24) is 48.7 Å². The predicted molar refractivity (Wildman–Crippen MR) is 282 cm³/mol. The molecule has 2 aromatic carbocycles. The number of amides is 5. The molecule has 0 spiro atoms. The minimum atomic E-state index is -0.659. The Bertz CT molecular complexity index is 3320. The minimum absolute atomic E-state index is 0.0368. The molecule has 388 valence electrons. The molecule has 2 aliphatic rings. The lowest BCUT2D eigenvalue weighted by Crippen LogP contribution is -2.51. The van der Waals surface area contributed by atoms with Gasteiger partial charge in [-0.05, 0) is 76.9 Å². The van der Waals surface area contributed by atoms with Crippen LogP contribution in [0, 0.1) is 19.8 Å². The van der Waals surface area contributed by atoms with E-state index in [2.05, 4.69) is 21.1 Å². The van der Waals surface area contributed by atoms with Gasteiger partial charge in [0.05, 0.1) is 41.1 Å². The number of nitrogens with zero attached hydrogens (tertiary/aromatic N) is 10. The molecule has 7 heterocycles. The average molecular weight is 1030 g/mol. The lowest BCUT2D eigenvalue weighted by atomic mass is 9.96. The van der Waals surface area contributed by atoms with Gasteiger partial charge in [-0.1, -0.05) is 32.9 Å². The number of aldehydes is 1. The number of carbonyl (C=O) groups excluding carboxylic acids is 6. The molecule has 7 aromatic rings. The number of hydrogen-bond acceptors (Lipinski definition) is 15. The lowest BCUT2D eigenvalue weighted by molar-refractivity contribution is -0.140. The van der Waals surface area contributed by atoms with Crippen LogP contribution in [0.3, 0.4) is 0 Å². The number of imidazole rings is 1. The molecule has 5 amide bonds. The molecule has 0 unspecified atom stereocenters. The van der Waals surface area contributed by atoms with Gasteiger partial charge in [0.25, 0.3) is 17.7 Å². The number of ether oxygens (including phenoxy) is 2. The summed E-state index contributed by atoms with van der Waals surface area (Å²) < 4.78 is 17.9. The third kappa shape index (κ3) is 11.0. The Kier molecular flexibility index (Phi) is 17.1. The van der Waals surface area contributed by atoms with E-state index in [1.54, 1.807) is 39.9 Å². The van der Waals surface area contributed by atoms with Gasteiger partial charge in [-0.15, -0.1) is 11.3 Å². The SMILES string of the molecule is CC.CCc1nc(C)sc1C(=O)Nc1nc2cc(C(N)=O)cc(OC)c2n1C/C=C/Cn1c2nc(-c3cc(C)nn3CC)ncc2c2cc(C=O)cc(OCCC3CN(C(=O)CCN4C(=O)C=CC4=O)C3)c21.CN. The summed E-state index contributed by atoms with van der Waals surface area (Å²) in [5.41, 5.74) is 15.2. The maximum Gasteiger partial charge on any atom is 0.269 e. The van der Waals surface area contributed by atoms with E-state index in [4.69, 9.17) is 30.2 Å². The number of nitrogens with one attached hydrogen (secondary N) is 1. The summed E-state index contributed by atoms with van der Waals surface area (Å²) in [6.45, 7) is 14.1. The fraction of sp³-hybridized carbons (Fsp3) is 0.365. The van der Waals surface area contributed by atoms with E-state index in [9.17, 15) is 28.8 Å². The molecule has 21 nitrogen and oxygen atoms in total.